The van der Waals surface area contributed by atoms with Gasteiger partial charge in [0, 0.05) is 31.9 Å². The molecule has 1 saturated carbocycles. The maximum atomic E-state index is 12.3. The van der Waals surface area contributed by atoms with E-state index in [0.29, 0.717) is 19.0 Å². The van der Waals surface area contributed by atoms with Crippen LogP contribution in [0.5, 0.6) is 0 Å². The lowest BCUT2D eigenvalue weighted by Gasteiger charge is -2.29. The van der Waals surface area contributed by atoms with Crippen molar-refractivity contribution in [1.82, 2.24) is 19.7 Å². The van der Waals surface area contributed by atoms with Gasteiger partial charge in [0.2, 0.25) is 10.0 Å². The summed E-state index contributed by atoms with van der Waals surface area (Å²) >= 11 is 0. The molecule has 0 unspecified atom stereocenters. The van der Waals surface area contributed by atoms with Gasteiger partial charge < -0.3 is 4.90 Å². The van der Waals surface area contributed by atoms with Gasteiger partial charge in [-0.25, -0.2) is 28.1 Å². The molecule has 1 N–H and O–H groups in total. The maximum absolute atomic E-state index is 12.3. The molecule has 1 fully saturated rings. The summed E-state index contributed by atoms with van der Waals surface area (Å²) in [5.41, 5.74) is 2.22. The highest BCUT2D eigenvalue weighted by molar-refractivity contribution is 7.89. The average molecular weight is 373 g/mol. The number of hydrogen-bond acceptors (Lipinski definition) is 6. The first-order chi connectivity index (χ1) is 12.5. The lowest BCUT2D eigenvalue weighted by atomic mass is 10.1. The fraction of sp³-hybridized carbons (Fsp3) is 0.500. The predicted molar refractivity (Wildman–Crippen MR) is 98.3 cm³/mol. The SMILES string of the molecule is CCc1ncc2c(n1)CN(c1ccc(S(=O)(=O)NCC3CC3)cn1)CC2. The van der Waals surface area contributed by atoms with Crippen molar-refractivity contribution in [1.29, 1.82) is 0 Å². The van der Waals surface area contributed by atoms with E-state index < -0.39 is 10.0 Å². The second-order valence-electron chi connectivity index (χ2n) is 6.93. The van der Waals surface area contributed by atoms with Crippen LogP contribution >= 0.6 is 0 Å². The molecule has 26 heavy (non-hydrogen) atoms. The number of aryl methyl sites for hydroxylation is 1. The van der Waals surface area contributed by atoms with Crippen molar-refractivity contribution < 1.29 is 8.42 Å². The lowest BCUT2D eigenvalue weighted by molar-refractivity contribution is 0.577. The number of aromatic nitrogens is 3. The van der Waals surface area contributed by atoms with Crippen LogP contribution in [0.3, 0.4) is 0 Å². The quantitative estimate of drug-likeness (QED) is 0.829. The van der Waals surface area contributed by atoms with E-state index in [1.807, 2.05) is 13.1 Å². The van der Waals surface area contributed by atoms with Gasteiger partial charge in [-0.05, 0) is 42.9 Å². The summed E-state index contributed by atoms with van der Waals surface area (Å²) in [6.07, 6.45) is 7.26. The second-order valence-corrected chi connectivity index (χ2v) is 8.70. The van der Waals surface area contributed by atoms with Crippen LogP contribution < -0.4 is 9.62 Å². The molecule has 0 bridgehead atoms. The maximum Gasteiger partial charge on any atom is 0.242 e. The Balaban J connectivity index is 1.48. The third-order valence-electron chi connectivity index (χ3n) is 4.93. The molecule has 3 heterocycles. The van der Waals surface area contributed by atoms with Gasteiger partial charge in [0.25, 0.3) is 0 Å². The molecule has 138 valence electrons. The molecule has 2 aromatic heterocycles. The Hall–Kier alpha value is -2.06. The standard InChI is InChI=1S/C18H23N5O2S/c1-2-17-19-10-14-7-8-23(12-16(14)22-17)18-6-5-15(11-20-18)26(24,25)21-9-13-3-4-13/h5-6,10-11,13,21H,2-4,7-9,12H2,1H3. The third kappa shape index (κ3) is 3.71. The predicted octanol–water partition coefficient (Wildman–Crippen LogP) is 1.68. The Morgan fingerprint density at radius 3 is 2.77 bits per heavy atom. The van der Waals surface area contributed by atoms with Crippen LogP contribution in [0.1, 0.15) is 36.8 Å². The number of fused-ring (bicyclic) bond motifs is 1. The van der Waals surface area contributed by atoms with Crippen molar-refractivity contribution in [3.8, 4) is 0 Å². The Morgan fingerprint density at radius 2 is 2.08 bits per heavy atom. The van der Waals surface area contributed by atoms with Crippen molar-refractivity contribution in [3.05, 3.63) is 41.6 Å². The second kappa shape index (κ2) is 6.92. The Kier molecular flexibility index (Phi) is 4.62. The number of sulfonamides is 1. The first-order valence-corrected chi connectivity index (χ1v) is 10.6. The van der Waals surface area contributed by atoms with Crippen LogP contribution in [0.2, 0.25) is 0 Å². The van der Waals surface area contributed by atoms with E-state index in [1.165, 1.54) is 11.8 Å². The number of nitrogens with zero attached hydrogens (tertiary/aromatic N) is 4. The first kappa shape index (κ1) is 17.4. The highest BCUT2D eigenvalue weighted by atomic mass is 32.2. The molecule has 2 aliphatic rings. The summed E-state index contributed by atoms with van der Waals surface area (Å²) in [5, 5.41) is 0. The minimum absolute atomic E-state index is 0.218. The van der Waals surface area contributed by atoms with Gasteiger partial charge in [-0.3, -0.25) is 0 Å². The van der Waals surface area contributed by atoms with E-state index in [0.717, 1.165) is 49.6 Å². The molecule has 0 saturated heterocycles. The molecule has 0 atom stereocenters. The van der Waals surface area contributed by atoms with Crippen molar-refractivity contribution >= 4 is 15.8 Å². The van der Waals surface area contributed by atoms with Crippen molar-refractivity contribution in [3.63, 3.8) is 0 Å². The summed E-state index contributed by atoms with van der Waals surface area (Å²) in [4.78, 5) is 15.7. The zero-order valence-electron chi connectivity index (χ0n) is 14.9. The fourth-order valence-corrected chi connectivity index (χ4v) is 4.12. The summed E-state index contributed by atoms with van der Waals surface area (Å²) in [5.74, 6) is 2.12. The van der Waals surface area contributed by atoms with E-state index in [2.05, 4.69) is 24.6 Å². The van der Waals surface area contributed by atoms with Gasteiger partial charge in [-0.1, -0.05) is 6.92 Å². The monoisotopic (exact) mass is 373 g/mol. The van der Waals surface area contributed by atoms with E-state index >= 15 is 0 Å². The van der Waals surface area contributed by atoms with Crippen LogP contribution in [-0.4, -0.2) is 36.5 Å². The van der Waals surface area contributed by atoms with Crippen LogP contribution in [0.25, 0.3) is 0 Å². The summed E-state index contributed by atoms with van der Waals surface area (Å²) < 4.78 is 27.3. The minimum Gasteiger partial charge on any atom is -0.350 e. The summed E-state index contributed by atoms with van der Waals surface area (Å²) in [6, 6.07) is 3.41. The normalized spacial score (nSPS) is 17.2. The van der Waals surface area contributed by atoms with E-state index in [4.69, 9.17) is 0 Å². The summed E-state index contributed by atoms with van der Waals surface area (Å²) in [6.45, 7) is 4.05. The molecule has 0 radical (unpaired) electrons. The van der Waals surface area contributed by atoms with Crippen LogP contribution in [-0.2, 0) is 29.4 Å². The van der Waals surface area contributed by atoms with Crippen molar-refractivity contribution in [2.24, 2.45) is 5.92 Å². The van der Waals surface area contributed by atoms with Crippen molar-refractivity contribution in [2.45, 2.75) is 44.0 Å². The molecular weight excluding hydrogens is 350 g/mol. The lowest BCUT2D eigenvalue weighted by Crippen LogP contribution is -2.32. The Labute approximate surface area is 153 Å². The Bertz CT molecular complexity index is 894. The van der Waals surface area contributed by atoms with E-state index in [1.54, 1.807) is 12.1 Å². The Morgan fingerprint density at radius 1 is 1.23 bits per heavy atom. The molecular formula is C18H23N5O2S. The molecule has 0 aromatic carbocycles. The molecule has 4 rings (SSSR count). The van der Waals surface area contributed by atoms with E-state index in [-0.39, 0.29) is 4.90 Å². The zero-order chi connectivity index (χ0) is 18.1. The fourth-order valence-electron chi connectivity index (χ4n) is 3.06. The van der Waals surface area contributed by atoms with Crippen LogP contribution in [0, 0.1) is 5.92 Å². The van der Waals surface area contributed by atoms with Gasteiger partial charge in [0.1, 0.15) is 16.5 Å². The van der Waals surface area contributed by atoms with Gasteiger partial charge >= 0.3 is 0 Å². The topological polar surface area (TPSA) is 88.1 Å². The van der Waals surface area contributed by atoms with Crippen LogP contribution in [0.15, 0.2) is 29.4 Å². The van der Waals surface area contributed by atoms with Gasteiger partial charge in [-0.2, -0.15) is 0 Å². The molecule has 1 aliphatic heterocycles. The zero-order valence-corrected chi connectivity index (χ0v) is 15.7. The molecule has 2 aromatic rings. The number of pyridine rings is 1. The highest BCUT2D eigenvalue weighted by Gasteiger charge is 2.25. The first-order valence-electron chi connectivity index (χ1n) is 9.09. The number of rotatable bonds is 6. The van der Waals surface area contributed by atoms with Gasteiger partial charge in [0.05, 0.1) is 12.2 Å². The molecule has 0 amide bonds. The molecule has 1 aliphatic carbocycles. The molecule has 8 heteroatoms. The smallest absolute Gasteiger partial charge is 0.242 e. The number of anilines is 1. The van der Waals surface area contributed by atoms with E-state index in [9.17, 15) is 8.42 Å². The average Bonchev–Trinajstić information content (AvgIpc) is 3.50. The van der Waals surface area contributed by atoms with Crippen molar-refractivity contribution in [2.75, 3.05) is 18.0 Å². The minimum atomic E-state index is -3.47. The van der Waals surface area contributed by atoms with Gasteiger partial charge in [-0.15, -0.1) is 0 Å². The molecule has 7 nitrogen and oxygen atoms in total. The largest absolute Gasteiger partial charge is 0.350 e. The van der Waals surface area contributed by atoms with Gasteiger partial charge in [0.15, 0.2) is 0 Å². The number of nitrogens with one attached hydrogen (secondary N) is 1. The molecule has 0 spiro atoms. The van der Waals surface area contributed by atoms with Crippen LogP contribution in [0.4, 0.5) is 5.82 Å². The summed E-state index contributed by atoms with van der Waals surface area (Å²) in [7, 11) is -3.47. The third-order valence-corrected chi connectivity index (χ3v) is 6.33. The highest BCUT2D eigenvalue weighted by Crippen LogP contribution is 2.28. The number of hydrogen-bond donors (Lipinski definition) is 1.